The average Bonchev–Trinajstić information content (AvgIpc) is 2.40. The van der Waals surface area contributed by atoms with Crippen molar-refractivity contribution in [2.45, 2.75) is 13.5 Å². The lowest BCUT2D eigenvalue weighted by molar-refractivity contribution is 0.0696. The molecular formula is C16H16FNO2. The Balaban J connectivity index is 2.19. The quantitative estimate of drug-likeness (QED) is 0.927. The monoisotopic (exact) mass is 273 g/mol. The fraction of sp³-hybridized carbons (Fsp3) is 0.188. The maximum Gasteiger partial charge on any atom is 0.335 e. The van der Waals surface area contributed by atoms with Crippen molar-refractivity contribution in [1.29, 1.82) is 0 Å². The second-order valence-corrected chi connectivity index (χ2v) is 4.81. The van der Waals surface area contributed by atoms with Gasteiger partial charge in [-0.05, 0) is 36.8 Å². The van der Waals surface area contributed by atoms with E-state index in [0.717, 1.165) is 17.3 Å². The Morgan fingerprint density at radius 1 is 1.25 bits per heavy atom. The first kappa shape index (κ1) is 14.1. The Morgan fingerprint density at radius 3 is 2.60 bits per heavy atom. The molecular weight excluding hydrogens is 257 g/mol. The molecule has 0 fully saturated rings. The van der Waals surface area contributed by atoms with Crippen LogP contribution < -0.4 is 4.90 Å². The van der Waals surface area contributed by atoms with Gasteiger partial charge in [0.15, 0.2) is 0 Å². The number of carbonyl (C=O) groups is 1. The highest BCUT2D eigenvalue weighted by Crippen LogP contribution is 2.19. The highest BCUT2D eigenvalue weighted by atomic mass is 19.1. The second-order valence-electron chi connectivity index (χ2n) is 4.81. The summed E-state index contributed by atoms with van der Waals surface area (Å²) in [5.41, 5.74) is 2.56. The Kier molecular flexibility index (Phi) is 4.03. The molecule has 0 radical (unpaired) electrons. The van der Waals surface area contributed by atoms with E-state index in [9.17, 15) is 9.18 Å². The van der Waals surface area contributed by atoms with Gasteiger partial charge >= 0.3 is 5.97 Å². The van der Waals surface area contributed by atoms with Gasteiger partial charge in [0.1, 0.15) is 5.82 Å². The number of hydrogen-bond acceptors (Lipinski definition) is 2. The van der Waals surface area contributed by atoms with Crippen molar-refractivity contribution in [1.82, 2.24) is 0 Å². The Hall–Kier alpha value is -2.36. The van der Waals surface area contributed by atoms with Crippen molar-refractivity contribution in [3.8, 4) is 0 Å². The Labute approximate surface area is 117 Å². The first-order valence-corrected chi connectivity index (χ1v) is 6.27. The van der Waals surface area contributed by atoms with Crippen LogP contribution in [0.5, 0.6) is 0 Å². The third-order valence-electron chi connectivity index (χ3n) is 3.15. The minimum absolute atomic E-state index is 0.0375. The molecule has 0 aliphatic rings. The highest BCUT2D eigenvalue weighted by molar-refractivity contribution is 5.87. The Morgan fingerprint density at radius 2 is 2.00 bits per heavy atom. The summed E-state index contributed by atoms with van der Waals surface area (Å²) < 4.78 is 13.9. The summed E-state index contributed by atoms with van der Waals surface area (Å²) >= 11 is 0. The summed E-state index contributed by atoms with van der Waals surface area (Å²) in [7, 11) is 1.87. The highest BCUT2D eigenvalue weighted by Gasteiger charge is 2.10. The minimum atomic E-state index is -1.12. The summed E-state index contributed by atoms with van der Waals surface area (Å²) in [6.45, 7) is 2.38. The summed E-state index contributed by atoms with van der Waals surface area (Å²) in [4.78, 5) is 12.7. The lowest BCUT2D eigenvalue weighted by Crippen LogP contribution is -2.17. The molecule has 20 heavy (non-hydrogen) atoms. The van der Waals surface area contributed by atoms with Crippen LogP contribution in [0.25, 0.3) is 0 Å². The van der Waals surface area contributed by atoms with Crippen LogP contribution in [0.15, 0.2) is 42.5 Å². The summed E-state index contributed by atoms with van der Waals surface area (Å²) in [5.74, 6) is -1.62. The van der Waals surface area contributed by atoms with Crippen LogP contribution in [0.3, 0.4) is 0 Å². The summed E-state index contributed by atoms with van der Waals surface area (Å²) in [6, 6.07) is 11.9. The Bertz CT molecular complexity index is 640. The fourth-order valence-corrected chi connectivity index (χ4v) is 2.02. The van der Waals surface area contributed by atoms with Gasteiger partial charge in [0.05, 0.1) is 5.56 Å². The molecule has 0 unspecified atom stereocenters. The number of halogens is 1. The zero-order chi connectivity index (χ0) is 14.7. The molecule has 0 heterocycles. The number of rotatable bonds is 4. The molecule has 0 aliphatic carbocycles. The number of carboxylic acid groups (broad SMARTS) is 1. The van der Waals surface area contributed by atoms with E-state index in [1.54, 1.807) is 0 Å². The van der Waals surface area contributed by atoms with E-state index in [4.69, 9.17) is 5.11 Å². The third-order valence-corrected chi connectivity index (χ3v) is 3.15. The van der Waals surface area contributed by atoms with Gasteiger partial charge in [0, 0.05) is 24.8 Å². The zero-order valence-corrected chi connectivity index (χ0v) is 11.4. The molecule has 4 heteroatoms. The third kappa shape index (κ3) is 3.15. The van der Waals surface area contributed by atoms with E-state index in [1.807, 2.05) is 43.1 Å². The fourth-order valence-electron chi connectivity index (χ4n) is 2.02. The first-order chi connectivity index (χ1) is 9.47. The van der Waals surface area contributed by atoms with Crippen molar-refractivity contribution in [2.75, 3.05) is 11.9 Å². The largest absolute Gasteiger partial charge is 0.478 e. The van der Waals surface area contributed by atoms with Crippen molar-refractivity contribution in [3.05, 3.63) is 65.0 Å². The molecule has 2 aromatic carbocycles. The number of benzene rings is 2. The number of hydrogen-bond donors (Lipinski definition) is 1. The van der Waals surface area contributed by atoms with Gasteiger partial charge in [0.2, 0.25) is 0 Å². The predicted octanol–water partition coefficient (Wildman–Crippen LogP) is 3.47. The van der Waals surface area contributed by atoms with E-state index in [0.29, 0.717) is 12.1 Å². The van der Waals surface area contributed by atoms with E-state index in [-0.39, 0.29) is 5.56 Å². The molecule has 0 aliphatic heterocycles. The van der Waals surface area contributed by atoms with Gasteiger partial charge in [0.25, 0.3) is 0 Å². The van der Waals surface area contributed by atoms with Crippen LogP contribution in [0.2, 0.25) is 0 Å². The first-order valence-electron chi connectivity index (χ1n) is 6.27. The minimum Gasteiger partial charge on any atom is -0.478 e. The molecule has 0 atom stereocenters. The molecule has 0 saturated heterocycles. The summed E-state index contributed by atoms with van der Waals surface area (Å²) in [6.07, 6.45) is 0. The van der Waals surface area contributed by atoms with Crippen LogP contribution in [0, 0.1) is 12.7 Å². The molecule has 0 aromatic heterocycles. The van der Waals surface area contributed by atoms with Crippen molar-refractivity contribution < 1.29 is 14.3 Å². The SMILES string of the molecule is Cc1cccc(N(C)Cc2ccc(C(=O)O)cc2F)c1. The number of anilines is 1. The van der Waals surface area contributed by atoms with Gasteiger partial charge < -0.3 is 10.0 Å². The van der Waals surface area contributed by atoms with Crippen molar-refractivity contribution in [2.24, 2.45) is 0 Å². The lowest BCUT2D eigenvalue weighted by atomic mass is 10.1. The van der Waals surface area contributed by atoms with Gasteiger partial charge in [-0.25, -0.2) is 9.18 Å². The zero-order valence-electron chi connectivity index (χ0n) is 11.4. The number of aromatic carboxylic acids is 1. The number of nitrogens with zero attached hydrogens (tertiary/aromatic N) is 1. The number of carboxylic acids is 1. The van der Waals surface area contributed by atoms with Crippen molar-refractivity contribution in [3.63, 3.8) is 0 Å². The summed E-state index contributed by atoms with van der Waals surface area (Å²) in [5, 5.41) is 8.81. The van der Waals surface area contributed by atoms with Gasteiger partial charge in [-0.1, -0.05) is 18.2 Å². The molecule has 104 valence electrons. The number of aryl methyl sites for hydroxylation is 1. The molecule has 3 nitrogen and oxygen atoms in total. The van der Waals surface area contributed by atoms with E-state index >= 15 is 0 Å². The van der Waals surface area contributed by atoms with Crippen molar-refractivity contribution >= 4 is 11.7 Å². The van der Waals surface area contributed by atoms with Crippen LogP contribution in [-0.2, 0) is 6.54 Å². The van der Waals surface area contributed by atoms with Gasteiger partial charge in [-0.15, -0.1) is 0 Å². The maximum atomic E-state index is 13.9. The molecule has 0 bridgehead atoms. The topological polar surface area (TPSA) is 40.5 Å². The van der Waals surface area contributed by atoms with Gasteiger partial charge in [-0.3, -0.25) is 0 Å². The standard InChI is InChI=1S/C16H16FNO2/c1-11-4-3-5-14(8-11)18(2)10-13-7-6-12(16(19)20)9-15(13)17/h3-9H,10H2,1-2H3,(H,19,20). The molecule has 0 amide bonds. The molecule has 2 aromatic rings. The molecule has 0 saturated carbocycles. The van der Waals surface area contributed by atoms with E-state index in [2.05, 4.69) is 0 Å². The van der Waals surface area contributed by atoms with Crippen LogP contribution in [0.1, 0.15) is 21.5 Å². The van der Waals surface area contributed by atoms with Crippen LogP contribution in [-0.4, -0.2) is 18.1 Å². The molecule has 2 rings (SSSR count). The average molecular weight is 273 g/mol. The lowest BCUT2D eigenvalue weighted by Gasteiger charge is -2.20. The van der Waals surface area contributed by atoms with E-state index in [1.165, 1.54) is 12.1 Å². The molecule has 1 N–H and O–H groups in total. The van der Waals surface area contributed by atoms with Crippen LogP contribution >= 0.6 is 0 Å². The smallest absolute Gasteiger partial charge is 0.335 e. The molecule has 0 spiro atoms. The maximum absolute atomic E-state index is 13.9. The van der Waals surface area contributed by atoms with E-state index < -0.39 is 11.8 Å². The predicted molar refractivity (Wildman–Crippen MR) is 76.6 cm³/mol. The second kappa shape index (κ2) is 5.74. The van der Waals surface area contributed by atoms with Crippen LogP contribution in [0.4, 0.5) is 10.1 Å². The van der Waals surface area contributed by atoms with Gasteiger partial charge in [-0.2, -0.15) is 0 Å². The normalized spacial score (nSPS) is 10.3.